The fraction of sp³-hybridized carbons (Fsp3) is 0.438. The first kappa shape index (κ1) is 14.3. The SMILES string of the molecule is O[C@]1(CNCCc2cnn(-c3ccccc3)c2)CCNC1. The third-order valence-electron chi connectivity index (χ3n) is 3.92. The van der Waals surface area contributed by atoms with Gasteiger partial charge in [0.1, 0.15) is 0 Å². The van der Waals surface area contributed by atoms with E-state index in [4.69, 9.17) is 0 Å². The molecule has 5 heteroatoms. The van der Waals surface area contributed by atoms with Gasteiger partial charge in [-0.05, 0) is 43.6 Å². The van der Waals surface area contributed by atoms with Crippen molar-refractivity contribution in [1.82, 2.24) is 20.4 Å². The number of aliphatic hydroxyl groups is 1. The van der Waals surface area contributed by atoms with Crippen LogP contribution in [0.4, 0.5) is 0 Å². The topological polar surface area (TPSA) is 62.1 Å². The standard InChI is InChI=1S/C16H22N4O/c21-16(7-9-18-13-16)12-17-8-6-14-10-19-20(11-14)15-4-2-1-3-5-15/h1-5,10-11,17-18,21H,6-9,12-13H2/t16-/m0/s1. The van der Waals surface area contributed by atoms with Crippen LogP contribution in [0.1, 0.15) is 12.0 Å². The van der Waals surface area contributed by atoms with Gasteiger partial charge < -0.3 is 15.7 Å². The molecule has 0 aliphatic carbocycles. The monoisotopic (exact) mass is 286 g/mol. The predicted octanol–water partition coefficient (Wildman–Crippen LogP) is 0.729. The van der Waals surface area contributed by atoms with E-state index in [1.54, 1.807) is 0 Å². The van der Waals surface area contributed by atoms with Gasteiger partial charge in [-0.25, -0.2) is 4.68 Å². The van der Waals surface area contributed by atoms with Crippen molar-refractivity contribution < 1.29 is 5.11 Å². The molecule has 3 rings (SSSR count). The maximum atomic E-state index is 10.2. The van der Waals surface area contributed by atoms with E-state index in [1.165, 1.54) is 5.56 Å². The number of benzene rings is 1. The lowest BCUT2D eigenvalue weighted by atomic mass is 10.0. The molecule has 1 aliphatic heterocycles. The van der Waals surface area contributed by atoms with Crippen molar-refractivity contribution in [3.8, 4) is 5.69 Å². The van der Waals surface area contributed by atoms with Crippen LogP contribution in [0.2, 0.25) is 0 Å². The quantitative estimate of drug-likeness (QED) is 0.685. The lowest BCUT2D eigenvalue weighted by Crippen LogP contribution is -2.42. The average Bonchev–Trinajstić information content (AvgIpc) is 3.14. The van der Waals surface area contributed by atoms with E-state index in [9.17, 15) is 5.11 Å². The van der Waals surface area contributed by atoms with Crippen LogP contribution in [-0.4, -0.2) is 46.7 Å². The number of nitrogens with one attached hydrogen (secondary N) is 2. The first-order valence-electron chi connectivity index (χ1n) is 7.48. The number of nitrogens with zero attached hydrogens (tertiary/aromatic N) is 2. The van der Waals surface area contributed by atoms with Gasteiger partial charge in [0.25, 0.3) is 0 Å². The Morgan fingerprint density at radius 3 is 2.95 bits per heavy atom. The lowest BCUT2D eigenvalue weighted by Gasteiger charge is -2.21. The summed E-state index contributed by atoms with van der Waals surface area (Å²) in [6, 6.07) is 10.1. The minimum atomic E-state index is -0.575. The first-order valence-corrected chi connectivity index (χ1v) is 7.48. The van der Waals surface area contributed by atoms with Gasteiger partial charge in [-0.3, -0.25) is 0 Å². The summed E-state index contributed by atoms with van der Waals surface area (Å²) in [5, 5.41) is 21.1. The fourth-order valence-corrected chi connectivity index (χ4v) is 2.65. The zero-order chi connectivity index (χ0) is 14.5. The molecule has 1 aromatic heterocycles. The minimum Gasteiger partial charge on any atom is -0.387 e. The van der Waals surface area contributed by atoms with Crippen molar-refractivity contribution >= 4 is 0 Å². The maximum absolute atomic E-state index is 10.2. The van der Waals surface area contributed by atoms with Gasteiger partial charge in [-0.1, -0.05) is 18.2 Å². The number of aromatic nitrogens is 2. The van der Waals surface area contributed by atoms with E-state index in [-0.39, 0.29) is 0 Å². The molecule has 0 unspecified atom stereocenters. The molecule has 1 aliphatic rings. The molecule has 0 bridgehead atoms. The largest absolute Gasteiger partial charge is 0.387 e. The van der Waals surface area contributed by atoms with E-state index >= 15 is 0 Å². The zero-order valence-corrected chi connectivity index (χ0v) is 12.1. The van der Waals surface area contributed by atoms with Crippen LogP contribution >= 0.6 is 0 Å². The highest BCUT2D eigenvalue weighted by Crippen LogP contribution is 2.12. The molecule has 0 radical (unpaired) electrons. The number of rotatable bonds is 6. The van der Waals surface area contributed by atoms with E-state index in [2.05, 4.69) is 21.9 Å². The molecular weight excluding hydrogens is 264 g/mol. The Morgan fingerprint density at radius 1 is 1.33 bits per heavy atom. The normalized spacial score (nSPS) is 21.8. The van der Waals surface area contributed by atoms with Gasteiger partial charge in [0.15, 0.2) is 0 Å². The molecule has 1 atom stereocenters. The molecule has 0 saturated carbocycles. The van der Waals surface area contributed by atoms with Gasteiger partial charge in [-0.2, -0.15) is 5.10 Å². The van der Waals surface area contributed by atoms with E-state index in [0.717, 1.165) is 31.6 Å². The van der Waals surface area contributed by atoms with Crippen LogP contribution in [0.3, 0.4) is 0 Å². The van der Waals surface area contributed by atoms with Gasteiger partial charge in [-0.15, -0.1) is 0 Å². The summed E-state index contributed by atoms with van der Waals surface area (Å²) in [6.07, 6.45) is 5.70. The van der Waals surface area contributed by atoms with Crippen LogP contribution in [0.15, 0.2) is 42.7 Å². The fourth-order valence-electron chi connectivity index (χ4n) is 2.65. The van der Waals surface area contributed by atoms with Crippen molar-refractivity contribution in [1.29, 1.82) is 0 Å². The molecule has 3 N–H and O–H groups in total. The Kier molecular flexibility index (Phi) is 4.34. The molecule has 1 aromatic carbocycles. The van der Waals surface area contributed by atoms with Crippen molar-refractivity contribution in [2.45, 2.75) is 18.4 Å². The molecule has 0 amide bonds. The van der Waals surface area contributed by atoms with Crippen LogP contribution in [-0.2, 0) is 6.42 Å². The first-order chi connectivity index (χ1) is 10.3. The smallest absolute Gasteiger partial charge is 0.0907 e. The molecule has 2 aromatic rings. The third kappa shape index (κ3) is 3.69. The molecule has 5 nitrogen and oxygen atoms in total. The second kappa shape index (κ2) is 6.39. The summed E-state index contributed by atoms with van der Waals surface area (Å²) in [5.41, 5.74) is 1.69. The highest BCUT2D eigenvalue weighted by Gasteiger charge is 2.30. The number of β-amino-alcohol motifs (C(OH)–C–C–N with tert-alkyl or cyclic N) is 1. The Labute approximate surface area is 125 Å². The average molecular weight is 286 g/mol. The lowest BCUT2D eigenvalue weighted by molar-refractivity contribution is 0.0615. The Bertz CT molecular complexity index is 561. The van der Waals surface area contributed by atoms with Crippen molar-refractivity contribution in [3.05, 3.63) is 48.3 Å². The van der Waals surface area contributed by atoms with Crippen LogP contribution in [0, 0.1) is 0 Å². The van der Waals surface area contributed by atoms with E-state index in [1.807, 2.05) is 41.2 Å². The zero-order valence-electron chi connectivity index (χ0n) is 12.1. The number of para-hydroxylation sites is 1. The minimum absolute atomic E-state index is 0.575. The van der Waals surface area contributed by atoms with E-state index < -0.39 is 5.60 Å². The summed E-state index contributed by atoms with van der Waals surface area (Å²) in [7, 11) is 0. The van der Waals surface area contributed by atoms with Crippen molar-refractivity contribution in [2.75, 3.05) is 26.2 Å². The summed E-state index contributed by atoms with van der Waals surface area (Å²) in [4.78, 5) is 0. The second-order valence-corrected chi connectivity index (χ2v) is 5.71. The van der Waals surface area contributed by atoms with Crippen molar-refractivity contribution in [2.24, 2.45) is 0 Å². The molecular formula is C16H22N4O. The molecule has 1 fully saturated rings. The van der Waals surface area contributed by atoms with Crippen LogP contribution in [0.5, 0.6) is 0 Å². The van der Waals surface area contributed by atoms with Gasteiger partial charge in [0, 0.05) is 19.3 Å². The summed E-state index contributed by atoms with van der Waals surface area (Å²) in [5.74, 6) is 0. The third-order valence-corrected chi connectivity index (χ3v) is 3.92. The van der Waals surface area contributed by atoms with Gasteiger partial charge in [0.05, 0.1) is 17.5 Å². The molecule has 112 valence electrons. The highest BCUT2D eigenvalue weighted by atomic mass is 16.3. The highest BCUT2D eigenvalue weighted by molar-refractivity contribution is 5.30. The Balaban J connectivity index is 1.47. The molecule has 2 heterocycles. The van der Waals surface area contributed by atoms with Gasteiger partial charge >= 0.3 is 0 Å². The second-order valence-electron chi connectivity index (χ2n) is 5.71. The van der Waals surface area contributed by atoms with Crippen LogP contribution in [0.25, 0.3) is 5.69 Å². The molecule has 21 heavy (non-hydrogen) atoms. The Morgan fingerprint density at radius 2 is 2.19 bits per heavy atom. The predicted molar refractivity (Wildman–Crippen MR) is 82.6 cm³/mol. The summed E-state index contributed by atoms with van der Waals surface area (Å²) in [6.45, 7) is 3.09. The van der Waals surface area contributed by atoms with Gasteiger partial charge in [0.2, 0.25) is 0 Å². The Hall–Kier alpha value is -1.69. The summed E-state index contributed by atoms with van der Waals surface area (Å²) >= 11 is 0. The number of hydrogen-bond donors (Lipinski definition) is 3. The molecule has 1 saturated heterocycles. The van der Waals surface area contributed by atoms with Crippen molar-refractivity contribution in [3.63, 3.8) is 0 Å². The number of hydrogen-bond acceptors (Lipinski definition) is 4. The summed E-state index contributed by atoms with van der Waals surface area (Å²) < 4.78 is 1.89. The maximum Gasteiger partial charge on any atom is 0.0907 e. The van der Waals surface area contributed by atoms with Crippen LogP contribution < -0.4 is 10.6 Å². The van der Waals surface area contributed by atoms with E-state index in [0.29, 0.717) is 13.1 Å². The molecule has 0 spiro atoms.